The lowest BCUT2D eigenvalue weighted by Crippen LogP contribution is -2.52. The van der Waals surface area contributed by atoms with Gasteiger partial charge in [-0.25, -0.2) is 0 Å². The Bertz CT molecular complexity index is 552. The van der Waals surface area contributed by atoms with Gasteiger partial charge in [0.1, 0.15) is 12.3 Å². The summed E-state index contributed by atoms with van der Waals surface area (Å²) >= 11 is 0. The standard InChI is InChI=1S/C20H30NO/c1-21(2,13-14-6-4-7-16(10-14)22-3)20-12-15-11-19(20)18-9-5-8-17(15)18/h4,6-7,10,15,17-20H,5,8-9,11-13H2,1-3H3/q+1/t15-,17+,18+,19-,20+/m0/s1. The third kappa shape index (κ3) is 2.27. The second-order valence-electron chi connectivity index (χ2n) is 8.51. The average Bonchev–Trinajstić information content (AvgIpc) is 3.19. The maximum Gasteiger partial charge on any atom is 0.119 e. The Morgan fingerprint density at radius 1 is 1.09 bits per heavy atom. The van der Waals surface area contributed by atoms with Crippen LogP contribution in [-0.2, 0) is 6.54 Å². The number of ether oxygens (including phenoxy) is 1. The van der Waals surface area contributed by atoms with E-state index in [1.807, 2.05) is 6.07 Å². The molecule has 120 valence electrons. The second kappa shape index (κ2) is 5.26. The highest BCUT2D eigenvalue weighted by atomic mass is 16.5. The van der Waals surface area contributed by atoms with Gasteiger partial charge in [0.05, 0.1) is 27.2 Å². The lowest BCUT2D eigenvalue weighted by Gasteiger charge is -2.43. The van der Waals surface area contributed by atoms with Gasteiger partial charge in [-0.15, -0.1) is 0 Å². The number of fused-ring (bicyclic) bond motifs is 5. The van der Waals surface area contributed by atoms with Crippen molar-refractivity contribution in [2.45, 2.75) is 44.7 Å². The third-order valence-corrected chi connectivity index (χ3v) is 7.02. The van der Waals surface area contributed by atoms with Gasteiger partial charge >= 0.3 is 0 Å². The van der Waals surface area contributed by atoms with Crippen LogP contribution in [0.4, 0.5) is 0 Å². The zero-order chi connectivity index (χ0) is 15.3. The van der Waals surface area contributed by atoms with Crippen LogP contribution in [0.5, 0.6) is 5.75 Å². The molecule has 3 aliphatic carbocycles. The van der Waals surface area contributed by atoms with E-state index in [0.29, 0.717) is 0 Å². The van der Waals surface area contributed by atoms with Crippen molar-refractivity contribution in [3.8, 4) is 5.75 Å². The van der Waals surface area contributed by atoms with Crippen LogP contribution in [-0.4, -0.2) is 31.7 Å². The molecule has 4 rings (SSSR count). The van der Waals surface area contributed by atoms with E-state index in [4.69, 9.17) is 4.74 Å². The molecule has 0 heterocycles. The lowest BCUT2D eigenvalue weighted by atomic mass is 9.78. The van der Waals surface area contributed by atoms with Gasteiger partial charge in [0.2, 0.25) is 0 Å². The van der Waals surface area contributed by atoms with Crippen LogP contribution >= 0.6 is 0 Å². The number of hydrogen-bond donors (Lipinski definition) is 0. The monoisotopic (exact) mass is 300 g/mol. The minimum atomic E-state index is 0.871. The van der Waals surface area contributed by atoms with Crippen molar-refractivity contribution in [3.63, 3.8) is 0 Å². The zero-order valence-corrected chi connectivity index (χ0v) is 14.3. The minimum Gasteiger partial charge on any atom is -0.497 e. The summed E-state index contributed by atoms with van der Waals surface area (Å²) in [6, 6.07) is 9.52. The van der Waals surface area contributed by atoms with Gasteiger partial charge in [-0.2, -0.15) is 0 Å². The maximum atomic E-state index is 5.39. The van der Waals surface area contributed by atoms with Gasteiger partial charge in [-0.3, -0.25) is 0 Å². The Morgan fingerprint density at radius 2 is 1.91 bits per heavy atom. The molecule has 0 unspecified atom stereocenters. The highest BCUT2D eigenvalue weighted by Crippen LogP contribution is 2.60. The molecule has 0 spiro atoms. The molecule has 3 aliphatic rings. The fourth-order valence-corrected chi connectivity index (χ4v) is 6.19. The molecule has 3 fully saturated rings. The smallest absolute Gasteiger partial charge is 0.119 e. The molecular formula is C20H30NO+. The van der Waals surface area contributed by atoms with E-state index in [-0.39, 0.29) is 0 Å². The topological polar surface area (TPSA) is 9.23 Å². The summed E-state index contributed by atoms with van der Waals surface area (Å²) < 4.78 is 6.54. The average molecular weight is 300 g/mol. The van der Waals surface area contributed by atoms with Gasteiger partial charge in [0.15, 0.2) is 0 Å². The van der Waals surface area contributed by atoms with Gasteiger partial charge in [-0.05, 0) is 49.1 Å². The number of benzene rings is 1. The highest BCUT2D eigenvalue weighted by molar-refractivity contribution is 5.27. The number of rotatable bonds is 4. The van der Waals surface area contributed by atoms with E-state index in [9.17, 15) is 0 Å². The van der Waals surface area contributed by atoms with E-state index < -0.39 is 0 Å². The van der Waals surface area contributed by atoms with Crippen molar-refractivity contribution in [3.05, 3.63) is 29.8 Å². The molecular weight excluding hydrogens is 270 g/mol. The molecule has 0 N–H and O–H groups in total. The third-order valence-electron chi connectivity index (χ3n) is 7.02. The van der Waals surface area contributed by atoms with Crippen molar-refractivity contribution in [1.82, 2.24) is 0 Å². The summed E-state index contributed by atoms with van der Waals surface area (Å²) in [5.41, 5.74) is 1.41. The Labute approximate surface area is 135 Å². The molecule has 0 aromatic heterocycles. The van der Waals surface area contributed by atoms with Crippen molar-refractivity contribution in [2.75, 3.05) is 21.2 Å². The summed E-state index contributed by atoms with van der Waals surface area (Å²) in [6.45, 7) is 1.13. The van der Waals surface area contributed by atoms with Gasteiger partial charge < -0.3 is 9.22 Å². The summed E-state index contributed by atoms with van der Waals surface area (Å²) in [6.07, 6.45) is 7.55. The minimum absolute atomic E-state index is 0.871. The molecule has 2 heteroatoms. The highest BCUT2D eigenvalue weighted by Gasteiger charge is 2.58. The van der Waals surface area contributed by atoms with Crippen molar-refractivity contribution >= 4 is 0 Å². The molecule has 1 aromatic carbocycles. The van der Waals surface area contributed by atoms with Gasteiger partial charge in [0.25, 0.3) is 0 Å². The first kappa shape index (κ1) is 14.6. The molecule has 0 amide bonds. The Kier molecular flexibility index (Phi) is 3.48. The van der Waals surface area contributed by atoms with Crippen molar-refractivity contribution < 1.29 is 9.22 Å². The van der Waals surface area contributed by atoms with Crippen molar-refractivity contribution in [2.24, 2.45) is 23.7 Å². The van der Waals surface area contributed by atoms with E-state index >= 15 is 0 Å². The van der Waals surface area contributed by atoms with Crippen LogP contribution in [0.2, 0.25) is 0 Å². The van der Waals surface area contributed by atoms with Crippen molar-refractivity contribution in [1.29, 1.82) is 0 Å². The molecule has 22 heavy (non-hydrogen) atoms. The normalized spacial score (nSPS) is 36.6. The second-order valence-corrected chi connectivity index (χ2v) is 8.51. The maximum absolute atomic E-state index is 5.39. The van der Waals surface area contributed by atoms with Crippen LogP contribution in [0.3, 0.4) is 0 Å². The summed E-state index contributed by atoms with van der Waals surface area (Å²) in [4.78, 5) is 0. The van der Waals surface area contributed by atoms with Gasteiger partial charge in [0, 0.05) is 17.9 Å². The Balaban J connectivity index is 1.51. The van der Waals surface area contributed by atoms with Crippen LogP contribution in [0.15, 0.2) is 24.3 Å². The molecule has 2 bridgehead atoms. The first-order valence-electron chi connectivity index (χ1n) is 9.04. The predicted molar refractivity (Wildman–Crippen MR) is 89.6 cm³/mol. The SMILES string of the molecule is COc1cccc(C[N+](C)(C)[C@@H]2C[C@@H]3C[C@H]2[C@@H]2CCC[C@H]32)c1. The zero-order valence-electron chi connectivity index (χ0n) is 14.3. The molecule has 5 atom stereocenters. The van der Waals surface area contributed by atoms with Crippen LogP contribution in [0.1, 0.15) is 37.7 Å². The van der Waals surface area contributed by atoms with E-state index in [1.54, 1.807) is 7.11 Å². The summed E-state index contributed by atoms with van der Waals surface area (Å²) in [5.74, 6) is 5.19. The molecule has 2 nitrogen and oxygen atoms in total. The number of hydrogen-bond acceptors (Lipinski definition) is 1. The fourth-order valence-electron chi connectivity index (χ4n) is 6.19. The molecule has 3 saturated carbocycles. The van der Waals surface area contributed by atoms with Crippen LogP contribution in [0, 0.1) is 23.7 Å². The molecule has 0 saturated heterocycles. The summed E-state index contributed by atoms with van der Waals surface area (Å²) in [5, 5.41) is 0. The molecule has 0 aliphatic heterocycles. The fraction of sp³-hybridized carbons (Fsp3) is 0.700. The number of quaternary nitrogens is 1. The lowest BCUT2D eigenvalue weighted by molar-refractivity contribution is -0.931. The largest absolute Gasteiger partial charge is 0.497 e. The van der Waals surface area contributed by atoms with E-state index in [2.05, 4.69) is 32.3 Å². The van der Waals surface area contributed by atoms with Crippen LogP contribution < -0.4 is 4.74 Å². The molecule has 1 aromatic rings. The first-order chi connectivity index (χ1) is 10.6. The molecule has 0 radical (unpaired) electrons. The Hall–Kier alpha value is -1.02. The predicted octanol–water partition coefficient (Wildman–Crippen LogP) is 4.10. The Morgan fingerprint density at radius 3 is 2.73 bits per heavy atom. The quantitative estimate of drug-likeness (QED) is 0.761. The van der Waals surface area contributed by atoms with E-state index in [0.717, 1.165) is 46.5 Å². The van der Waals surface area contributed by atoms with Gasteiger partial charge in [-0.1, -0.05) is 18.6 Å². The first-order valence-corrected chi connectivity index (χ1v) is 9.04. The number of nitrogens with zero attached hydrogens (tertiary/aromatic N) is 1. The summed E-state index contributed by atoms with van der Waals surface area (Å²) in [7, 11) is 6.67. The van der Waals surface area contributed by atoms with Crippen LogP contribution in [0.25, 0.3) is 0 Å². The number of methoxy groups -OCH3 is 1. The van der Waals surface area contributed by atoms with E-state index in [1.165, 1.54) is 37.7 Å².